The first-order valence-electron chi connectivity index (χ1n) is 1.98. The molecule has 0 aromatic heterocycles. The summed E-state index contributed by atoms with van der Waals surface area (Å²) in [6.45, 7) is 0. The molecule has 0 aliphatic carbocycles. The van der Waals surface area contributed by atoms with E-state index >= 15 is 0 Å². The lowest BCUT2D eigenvalue weighted by Crippen LogP contribution is -2.19. The highest BCUT2D eigenvalue weighted by atomic mass is 28.2. The van der Waals surface area contributed by atoms with Crippen LogP contribution in [0.25, 0.3) is 0 Å². The average Bonchev–Trinajstić information content (AvgIpc) is 1.72. The van der Waals surface area contributed by atoms with Gasteiger partial charge in [0.1, 0.15) is 0 Å². The third-order valence-electron chi connectivity index (χ3n) is 0.662. The summed E-state index contributed by atoms with van der Waals surface area (Å²) < 4.78 is 9.15. The second-order valence-corrected chi connectivity index (χ2v) is 2.07. The Morgan fingerprint density at radius 1 is 1.43 bits per heavy atom. The zero-order valence-corrected chi connectivity index (χ0v) is 5.92. The summed E-state index contributed by atoms with van der Waals surface area (Å²) in [6.07, 6.45) is 0. The molecule has 0 aromatic carbocycles. The van der Waals surface area contributed by atoms with Crippen LogP contribution in [0.5, 0.6) is 0 Å². The van der Waals surface area contributed by atoms with Crippen molar-refractivity contribution in [1.82, 2.24) is 0 Å². The van der Waals surface area contributed by atoms with Crippen LogP contribution in [-0.2, 0) is 14.3 Å². The lowest BCUT2D eigenvalue weighted by Gasteiger charge is -2.05. The maximum Gasteiger partial charge on any atom is 0.268 e. The van der Waals surface area contributed by atoms with Gasteiger partial charge in [-0.1, -0.05) is 0 Å². The Labute approximate surface area is 45.2 Å². The summed E-state index contributed by atoms with van der Waals surface area (Å²) in [5, 5.41) is 0. The molecule has 0 heterocycles. The highest BCUT2D eigenvalue weighted by Gasteiger charge is 2.01. The summed E-state index contributed by atoms with van der Waals surface area (Å²) in [6, 6.07) is 0. The van der Waals surface area contributed by atoms with Crippen LogP contribution in [0.3, 0.4) is 0 Å². The van der Waals surface area contributed by atoms with Crippen molar-refractivity contribution in [3.05, 3.63) is 0 Å². The molecule has 0 aliphatic rings. The van der Waals surface area contributed by atoms with Crippen LogP contribution in [0.4, 0.5) is 0 Å². The maximum absolute atomic E-state index is 9.98. The van der Waals surface area contributed by atoms with Crippen molar-refractivity contribution in [2.75, 3.05) is 14.2 Å². The first-order chi connectivity index (χ1) is 3.35. The van der Waals surface area contributed by atoms with E-state index in [9.17, 15) is 4.80 Å². The van der Waals surface area contributed by atoms with E-state index in [2.05, 4.69) is 9.47 Å². The third-order valence-corrected chi connectivity index (χ3v) is 1.60. The third kappa shape index (κ3) is 2.75. The summed E-state index contributed by atoms with van der Waals surface area (Å²) in [5.41, 5.74) is 0. The molecule has 0 atom stereocenters. The smallest absolute Gasteiger partial charge is 0.268 e. The van der Waals surface area contributed by atoms with E-state index in [-0.39, 0.29) is 0 Å². The molecular weight excluding hydrogens is 112 g/mol. The van der Waals surface area contributed by atoms with E-state index in [1.54, 1.807) is 0 Å². The standard InChI is InChI=1S/C3H9O3Si/c1-5-3(6-2)7-4/h3H,7H2,1-2H3. The number of methoxy groups -OCH3 is 2. The van der Waals surface area contributed by atoms with Crippen LogP contribution < -0.4 is 0 Å². The Morgan fingerprint density at radius 3 is 1.86 bits per heavy atom. The van der Waals surface area contributed by atoms with Gasteiger partial charge in [-0.3, -0.25) is 0 Å². The first kappa shape index (κ1) is 7.10. The van der Waals surface area contributed by atoms with E-state index in [1.165, 1.54) is 14.2 Å². The lowest BCUT2D eigenvalue weighted by molar-refractivity contribution is -0.0521. The lowest BCUT2D eigenvalue weighted by atomic mass is 11.3. The van der Waals surface area contributed by atoms with Crippen molar-refractivity contribution >= 4 is 9.76 Å². The molecule has 0 rings (SSSR count). The minimum atomic E-state index is -1.37. The van der Waals surface area contributed by atoms with E-state index in [0.29, 0.717) is 0 Å². The van der Waals surface area contributed by atoms with Gasteiger partial charge in [-0.25, -0.2) is 0 Å². The average molecular weight is 121 g/mol. The van der Waals surface area contributed by atoms with Crippen molar-refractivity contribution in [3.63, 3.8) is 0 Å². The number of rotatable bonds is 3. The van der Waals surface area contributed by atoms with Crippen LogP contribution in [-0.4, -0.2) is 29.9 Å². The highest BCUT2D eigenvalue weighted by Crippen LogP contribution is 1.82. The minimum absolute atomic E-state index is 0.431. The SMILES string of the molecule is COC(OC)[SiH2][O]. The van der Waals surface area contributed by atoms with Crippen molar-refractivity contribution in [3.8, 4) is 0 Å². The highest BCUT2D eigenvalue weighted by molar-refractivity contribution is 6.26. The molecule has 0 fully saturated rings. The van der Waals surface area contributed by atoms with Crippen LogP contribution >= 0.6 is 0 Å². The van der Waals surface area contributed by atoms with E-state index in [0.717, 1.165) is 0 Å². The molecule has 0 spiro atoms. The second kappa shape index (κ2) is 4.26. The zero-order chi connectivity index (χ0) is 5.70. The van der Waals surface area contributed by atoms with Crippen molar-refractivity contribution < 1.29 is 14.3 Å². The molecule has 0 saturated heterocycles. The molecule has 0 N–H and O–H groups in total. The molecule has 1 radical (unpaired) electrons. The van der Waals surface area contributed by atoms with Crippen molar-refractivity contribution in [2.45, 2.75) is 5.91 Å². The Kier molecular flexibility index (Phi) is 4.32. The van der Waals surface area contributed by atoms with Gasteiger partial charge in [0.25, 0.3) is 9.76 Å². The van der Waals surface area contributed by atoms with Crippen LogP contribution in [0.2, 0.25) is 0 Å². The molecule has 0 amide bonds. The topological polar surface area (TPSA) is 38.4 Å². The minimum Gasteiger partial charge on any atom is -0.357 e. The second-order valence-electron chi connectivity index (χ2n) is 1.07. The fourth-order valence-corrected chi connectivity index (χ4v) is 0.504. The van der Waals surface area contributed by atoms with Crippen molar-refractivity contribution in [2.24, 2.45) is 0 Å². The van der Waals surface area contributed by atoms with Gasteiger partial charge < -0.3 is 14.3 Å². The van der Waals surface area contributed by atoms with E-state index < -0.39 is 15.7 Å². The quantitative estimate of drug-likeness (QED) is 0.357. The van der Waals surface area contributed by atoms with Crippen LogP contribution in [0.1, 0.15) is 0 Å². The molecule has 43 valence electrons. The molecule has 7 heavy (non-hydrogen) atoms. The molecule has 0 bridgehead atoms. The van der Waals surface area contributed by atoms with Gasteiger partial charge in [0, 0.05) is 14.2 Å². The maximum atomic E-state index is 9.98. The summed E-state index contributed by atoms with van der Waals surface area (Å²) in [4.78, 5) is 9.98. The van der Waals surface area contributed by atoms with Gasteiger partial charge in [-0.2, -0.15) is 0 Å². The fourth-order valence-electron chi connectivity index (χ4n) is 0.232. The Hall–Kier alpha value is 0.0969. The van der Waals surface area contributed by atoms with Gasteiger partial charge in [0.2, 0.25) is 0 Å². The predicted octanol–water partition coefficient (Wildman–Crippen LogP) is -0.923. The summed E-state index contributed by atoms with van der Waals surface area (Å²) in [5.74, 6) is -0.431. The van der Waals surface area contributed by atoms with Gasteiger partial charge in [0.05, 0.1) is 0 Å². The molecule has 4 heteroatoms. The Balaban J connectivity index is 2.99. The molecule has 3 nitrogen and oxygen atoms in total. The normalized spacial score (nSPS) is 12.0. The summed E-state index contributed by atoms with van der Waals surface area (Å²) >= 11 is 0. The van der Waals surface area contributed by atoms with Gasteiger partial charge in [-0.15, -0.1) is 0 Å². The predicted molar refractivity (Wildman–Crippen MR) is 27.0 cm³/mol. The monoisotopic (exact) mass is 121 g/mol. The molecular formula is C3H9O3Si. The Bertz CT molecular complexity index is 31.7. The first-order valence-corrected chi connectivity index (χ1v) is 3.38. The van der Waals surface area contributed by atoms with Gasteiger partial charge >= 0.3 is 0 Å². The van der Waals surface area contributed by atoms with Crippen LogP contribution in [0.15, 0.2) is 0 Å². The summed E-state index contributed by atoms with van der Waals surface area (Å²) in [7, 11) is 1.58. The number of hydrogen-bond donors (Lipinski definition) is 0. The zero-order valence-electron chi connectivity index (χ0n) is 4.51. The van der Waals surface area contributed by atoms with E-state index in [1.807, 2.05) is 0 Å². The molecule has 0 saturated carbocycles. The molecule has 0 aromatic rings. The van der Waals surface area contributed by atoms with Crippen LogP contribution in [0, 0.1) is 0 Å². The molecule has 0 aliphatic heterocycles. The van der Waals surface area contributed by atoms with Gasteiger partial charge in [0.15, 0.2) is 5.91 Å². The Morgan fingerprint density at radius 2 is 1.86 bits per heavy atom. The molecule has 0 unspecified atom stereocenters. The van der Waals surface area contributed by atoms with Gasteiger partial charge in [-0.05, 0) is 0 Å². The van der Waals surface area contributed by atoms with E-state index in [4.69, 9.17) is 0 Å². The number of hydrogen-bond acceptors (Lipinski definition) is 2. The largest absolute Gasteiger partial charge is 0.357 e. The fraction of sp³-hybridized carbons (Fsp3) is 1.00. The van der Waals surface area contributed by atoms with Crippen molar-refractivity contribution in [1.29, 1.82) is 0 Å². The number of ether oxygens (including phenoxy) is 2.